The van der Waals surface area contributed by atoms with E-state index in [1.54, 1.807) is 41.5 Å². The molecule has 10 nitrogen and oxygen atoms in total. The molecule has 0 aliphatic rings. The van der Waals surface area contributed by atoms with Gasteiger partial charge in [0.1, 0.15) is 23.3 Å². The smallest absolute Gasteiger partial charge is 0.408 e. The third-order valence-electron chi connectivity index (χ3n) is 3.37. The van der Waals surface area contributed by atoms with E-state index in [1.807, 2.05) is 13.8 Å². The molecule has 0 aliphatic carbocycles. The van der Waals surface area contributed by atoms with E-state index < -0.39 is 47.3 Å². The SMILES string of the molecule is COC(=O)[C@H](CNC(=O)OC(C)(C)C)NC(=O)[C@H](CC(C)C)NC(=O)OC(C)(C)C. The van der Waals surface area contributed by atoms with E-state index in [2.05, 4.69) is 16.0 Å². The summed E-state index contributed by atoms with van der Waals surface area (Å²) in [5.41, 5.74) is -1.44. The topological polar surface area (TPSA) is 132 Å². The number of alkyl carbamates (subject to hydrolysis) is 2. The number of rotatable bonds is 8. The summed E-state index contributed by atoms with van der Waals surface area (Å²) in [6.07, 6.45) is -1.17. The van der Waals surface area contributed by atoms with Crippen LogP contribution in [0.3, 0.4) is 0 Å². The van der Waals surface area contributed by atoms with E-state index in [0.717, 1.165) is 0 Å². The second kappa shape index (κ2) is 11.6. The van der Waals surface area contributed by atoms with Crippen LogP contribution in [0.4, 0.5) is 9.59 Å². The monoisotopic (exact) mass is 431 g/mol. The fourth-order valence-corrected chi connectivity index (χ4v) is 2.26. The van der Waals surface area contributed by atoms with E-state index in [0.29, 0.717) is 6.42 Å². The van der Waals surface area contributed by atoms with Crippen molar-refractivity contribution in [2.75, 3.05) is 13.7 Å². The van der Waals surface area contributed by atoms with Crippen molar-refractivity contribution in [2.24, 2.45) is 5.92 Å². The van der Waals surface area contributed by atoms with E-state index >= 15 is 0 Å². The van der Waals surface area contributed by atoms with E-state index in [4.69, 9.17) is 14.2 Å². The second-order valence-electron chi connectivity index (χ2n) is 9.30. The maximum atomic E-state index is 12.8. The number of methoxy groups -OCH3 is 1. The average molecular weight is 432 g/mol. The lowest BCUT2D eigenvalue weighted by Crippen LogP contribution is -2.55. The summed E-state index contributed by atoms with van der Waals surface area (Å²) in [7, 11) is 1.17. The minimum absolute atomic E-state index is 0.0761. The Bertz CT molecular complexity index is 607. The molecule has 0 aliphatic heterocycles. The van der Waals surface area contributed by atoms with Crippen molar-refractivity contribution < 1.29 is 33.4 Å². The first-order valence-corrected chi connectivity index (χ1v) is 9.88. The van der Waals surface area contributed by atoms with Crippen molar-refractivity contribution in [3.8, 4) is 0 Å². The van der Waals surface area contributed by atoms with Crippen LogP contribution in [0.1, 0.15) is 61.8 Å². The van der Waals surface area contributed by atoms with Crippen molar-refractivity contribution in [1.82, 2.24) is 16.0 Å². The molecule has 0 bridgehead atoms. The third kappa shape index (κ3) is 12.8. The molecule has 0 aromatic rings. The van der Waals surface area contributed by atoms with Gasteiger partial charge in [0.15, 0.2) is 0 Å². The molecule has 30 heavy (non-hydrogen) atoms. The van der Waals surface area contributed by atoms with Crippen LogP contribution in [0.5, 0.6) is 0 Å². The molecular weight excluding hydrogens is 394 g/mol. The predicted molar refractivity (Wildman–Crippen MR) is 111 cm³/mol. The van der Waals surface area contributed by atoms with E-state index in [9.17, 15) is 19.2 Å². The van der Waals surface area contributed by atoms with Gasteiger partial charge in [-0.1, -0.05) is 13.8 Å². The van der Waals surface area contributed by atoms with Gasteiger partial charge in [-0.25, -0.2) is 14.4 Å². The van der Waals surface area contributed by atoms with Gasteiger partial charge in [-0.15, -0.1) is 0 Å². The fourth-order valence-electron chi connectivity index (χ4n) is 2.26. The lowest BCUT2D eigenvalue weighted by molar-refractivity contribution is -0.145. The first-order chi connectivity index (χ1) is 13.5. The standard InChI is InChI=1S/C20H37N3O7/c1-12(2)10-13(23-18(27)30-20(6,7)8)15(24)22-14(16(25)28-9)11-21-17(26)29-19(3,4)5/h12-14H,10-11H2,1-9H3,(H,21,26)(H,22,24)(H,23,27)/t13-,14-/m0/s1. The maximum Gasteiger partial charge on any atom is 0.408 e. The second-order valence-corrected chi connectivity index (χ2v) is 9.30. The van der Waals surface area contributed by atoms with Crippen LogP contribution in [-0.2, 0) is 23.8 Å². The summed E-state index contributed by atoms with van der Waals surface area (Å²) < 4.78 is 15.0. The lowest BCUT2D eigenvalue weighted by atomic mass is 10.0. The lowest BCUT2D eigenvalue weighted by Gasteiger charge is -2.26. The molecule has 0 aromatic carbocycles. The third-order valence-corrected chi connectivity index (χ3v) is 3.37. The molecule has 3 amide bonds. The molecule has 0 aromatic heterocycles. The summed E-state index contributed by atoms with van der Waals surface area (Å²) in [6, 6.07) is -2.10. The van der Waals surface area contributed by atoms with Gasteiger partial charge in [0.05, 0.1) is 13.7 Å². The first kappa shape index (κ1) is 27.5. The predicted octanol–water partition coefficient (Wildman–Crippen LogP) is 2.11. The van der Waals surface area contributed by atoms with Crippen molar-refractivity contribution in [3.63, 3.8) is 0 Å². The Balaban J connectivity index is 5.17. The summed E-state index contributed by atoms with van der Waals surface area (Å²) in [5.74, 6) is -1.27. The van der Waals surface area contributed by atoms with Crippen LogP contribution in [-0.4, -0.2) is 61.0 Å². The molecule has 0 saturated heterocycles. The van der Waals surface area contributed by atoms with Crippen LogP contribution < -0.4 is 16.0 Å². The van der Waals surface area contributed by atoms with Crippen LogP contribution in [0.15, 0.2) is 0 Å². The normalized spacial score (nSPS) is 13.7. The molecule has 0 heterocycles. The quantitative estimate of drug-likeness (QED) is 0.396. The minimum Gasteiger partial charge on any atom is -0.467 e. The van der Waals surface area contributed by atoms with E-state index in [-0.39, 0.29) is 12.5 Å². The maximum absolute atomic E-state index is 12.8. The van der Waals surface area contributed by atoms with Gasteiger partial charge < -0.3 is 30.2 Å². The van der Waals surface area contributed by atoms with Crippen LogP contribution in [0, 0.1) is 5.92 Å². The number of ether oxygens (including phenoxy) is 3. The van der Waals surface area contributed by atoms with Gasteiger partial charge in [0.25, 0.3) is 0 Å². The minimum atomic E-state index is -1.16. The first-order valence-electron chi connectivity index (χ1n) is 9.88. The Morgan fingerprint density at radius 1 is 0.800 bits per heavy atom. The number of nitrogens with one attached hydrogen (secondary N) is 3. The van der Waals surface area contributed by atoms with Gasteiger partial charge in [0.2, 0.25) is 5.91 Å². The van der Waals surface area contributed by atoms with Gasteiger partial charge in [0, 0.05) is 0 Å². The molecule has 0 radical (unpaired) electrons. The number of amides is 3. The Morgan fingerprint density at radius 2 is 1.30 bits per heavy atom. The number of carbonyl (C=O) groups excluding carboxylic acids is 4. The number of hydrogen-bond acceptors (Lipinski definition) is 7. The Labute approximate surface area is 178 Å². The molecule has 3 N–H and O–H groups in total. The van der Waals surface area contributed by atoms with Gasteiger partial charge >= 0.3 is 18.2 Å². The molecular formula is C20H37N3O7. The van der Waals surface area contributed by atoms with Crippen molar-refractivity contribution in [2.45, 2.75) is 85.1 Å². The number of hydrogen-bond donors (Lipinski definition) is 3. The molecule has 0 spiro atoms. The molecule has 0 saturated carbocycles. The average Bonchev–Trinajstić information content (AvgIpc) is 2.53. The highest BCUT2D eigenvalue weighted by Crippen LogP contribution is 2.10. The van der Waals surface area contributed by atoms with Crippen LogP contribution >= 0.6 is 0 Å². The zero-order valence-electron chi connectivity index (χ0n) is 19.5. The van der Waals surface area contributed by atoms with E-state index in [1.165, 1.54) is 7.11 Å². The zero-order valence-corrected chi connectivity index (χ0v) is 19.5. The fraction of sp³-hybridized carbons (Fsp3) is 0.800. The molecule has 0 fully saturated rings. The van der Waals surface area contributed by atoms with Gasteiger partial charge in [-0.2, -0.15) is 0 Å². The van der Waals surface area contributed by atoms with Crippen LogP contribution in [0.2, 0.25) is 0 Å². The molecule has 0 unspecified atom stereocenters. The highest BCUT2D eigenvalue weighted by Gasteiger charge is 2.30. The molecule has 174 valence electrons. The molecule has 2 atom stereocenters. The molecule has 10 heteroatoms. The summed E-state index contributed by atoms with van der Waals surface area (Å²) >= 11 is 0. The molecule has 0 rings (SSSR count). The van der Waals surface area contributed by atoms with Crippen molar-refractivity contribution in [1.29, 1.82) is 0 Å². The van der Waals surface area contributed by atoms with Gasteiger partial charge in [-0.3, -0.25) is 4.79 Å². The highest BCUT2D eigenvalue weighted by atomic mass is 16.6. The largest absolute Gasteiger partial charge is 0.467 e. The zero-order chi connectivity index (χ0) is 23.7. The Hall–Kier alpha value is -2.52. The number of carbonyl (C=O) groups is 4. The summed E-state index contributed by atoms with van der Waals surface area (Å²) in [5, 5.41) is 7.45. The number of esters is 1. The summed E-state index contributed by atoms with van der Waals surface area (Å²) in [4.78, 5) is 48.8. The van der Waals surface area contributed by atoms with Crippen LogP contribution in [0.25, 0.3) is 0 Å². The summed E-state index contributed by atoms with van der Waals surface area (Å²) in [6.45, 7) is 13.8. The van der Waals surface area contributed by atoms with Gasteiger partial charge in [-0.05, 0) is 53.9 Å². The Morgan fingerprint density at radius 3 is 1.73 bits per heavy atom. The van der Waals surface area contributed by atoms with Crippen molar-refractivity contribution in [3.05, 3.63) is 0 Å². The Kier molecular flexibility index (Phi) is 10.6. The van der Waals surface area contributed by atoms with Crippen molar-refractivity contribution >= 4 is 24.1 Å². The highest BCUT2D eigenvalue weighted by molar-refractivity contribution is 5.90.